The summed E-state index contributed by atoms with van der Waals surface area (Å²) in [5.74, 6) is -2.74. The molecule has 0 saturated heterocycles. The molecule has 1 aromatic carbocycles. The van der Waals surface area contributed by atoms with E-state index < -0.39 is 61.7 Å². The molecule has 39 heavy (non-hydrogen) atoms. The van der Waals surface area contributed by atoms with Gasteiger partial charge in [0.2, 0.25) is 21.7 Å². The molecule has 2 saturated carbocycles. The average Bonchev–Trinajstić information content (AvgIpc) is 3.64. The molecule has 13 heteroatoms. The highest BCUT2D eigenvalue weighted by atomic mass is 32.2. The topological polar surface area (TPSA) is 159 Å². The predicted molar refractivity (Wildman–Crippen MR) is 139 cm³/mol. The van der Waals surface area contributed by atoms with Crippen molar-refractivity contribution in [2.45, 2.75) is 56.3 Å². The van der Waals surface area contributed by atoms with Crippen LogP contribution in [-0.4, -0.2) is 46.7 Å². The third-order valence-corrected chi connectivity index (χ3v) is 8.71. The van der Waals surface area contributed by atoms with Crippen molar-refractivity contribution in [3.63, 3.8) is 0 Å². The monoisotopic (exact) mass is 559 g/mol. The van der Waals surface area contributed by atoms with Crippen molar-refractivity contribution in [1.29, 1.82) is 0 Å². The van der Waals surface area contributed by atoms with Gasteiger partial charge in [0, 0.05) is 19.0 Å². The van der Waals surface area contributed by atoms with Gasteiger partial charge < -0.3 is 15.7 Å². The zero-order chi connectivity index (χ0) is 28.2. The molecule has 208 valence electrons. The lowest BCUT2D eigenvalue weighted by Crippen LogP contribution is -2.57. The van der Waals surface area contributed by atoms with Crippen LogP contribution in [0.1, 0.15) is 54.0 Å². The van der Waals surface area contributed by atoms with Gasteiger partial charge in [0.05, 0.1) is 11.8 Å². The number of carbonyl (C=O) groups excluding carboxylic acids is 2. The molecule has 3 heterocycles. The van der Waals surface area contributed by atoms with E-state index in [9.17, 15) is 32.3 Å². The van der Waals surface area contributed by atoms with Gasteiger partial charge in [0.1, 0.15) is 17.2 Å². The first-order valence-electron chi connectivity index (χ1n) is 12.7. The summed E-state index contributed by atoms with van der Waals surface area (Å²) in [6.45, 7) is 3.98. The van der Waals surface area contributed by atoms with Crippen molar-refractivity contribution in [1.82, 2.24) is 24.9 Å². The zero-order valence-corrected chi connectivity index (χ0v) is 22.2. The highest BCUT2D eigenvalue weighted by Crippen LogP contribution is 2.48. The van der Waals surface area contributed by atoms with Crippen LogP contribution in [-0.2, 0) is 33.4 Å². The summed E-state index contributed by atoms with van der Waals surface area (Å²) in [6, 6.07) is 5.48. The van der Waals surface area contributed by atoms with Crippen molar-refractivity contribution in [2.24, 2.45) is 11.8 Å². The quantitative estimate of drug-likeness (QED) is 0.352. The maximum Gasteiger partial charge on any atom is 0.296 e. The molecule has 11 nitrogen and oxygen atoms in total. The molecule has 0 spiro atoms. The number of rotatable bonds is 8. The van der Waals surface area contributed by atoms with Gasteiger partial charge in [-0.05, 0) is 55.7 Å². The van der Waals surface area contributed by atoms with Crippen LogP contribution in [0.25, 0.3) is 0 Å². The minimum atomic E-state index is -3.73. The van der Waals surface area contributed by atoms with Crippen LogP contribution in [0.15, 0.2) is 41.7 Å². The highest BCUT2D eigenvalue weighted by molar-refractivity contribution is 7.88. The fourth-order valence-corrected chi connectivity index (χ4v) is 6.77. The number of fused-ring (bicyclic) bond motifs is 2. The Balaban J connectivity index is 1.50. The van der Waals surface area contributed by atoms with E-state index >= 15 is 0 Å². The summed E-state index contributed by atoms with van der Waals surface area (Å²) < 4.78 is 41.1. The van der Waals surface area contributed by atoms with Crippen molar-refractivity contribution in [3.8, 4) is 5.75 Å². The van der Waals surface area contributed by atoms with Crippen LogP contribution < -0.4 is 20.9 Å². The average molecular weight is 560 g/mol. The van der Waals surface area contributed by atoms with Crippen LogP contribution in [0.4, 0.5) is 4.39 Å². The van der Waals surface area contributed by atoms with Crippen LogP contribution in [0.5, 0.6) is 5.75 Å². The number of nitrogens with one attached hydrogen (secondary N) is 3. The molecule has 6 rings (SSSR count). The maximum absolute atomic E-state index is 13.6. The first-order chi connectivity index (χ1) is 18.4. The third-order valence-electron chi connectivity index (χ3n) is 7.98. The second-order valence-electron chi connectivity index (χ2n) is 10.7. The number of aromatic hydroxyl groups is 1. The minimum Gasteiger partial charge on any atom is -0.501 e. The molecule has 4 aliphatic rings. The summed E-state index contributed by atoms with van der Waals surface area (Å²) >= 11 is 0. The van der Waals surface area contributed by atoms with E-state index in [0.29, 0.717) is 31.2 Å². The summed E-state index contributed by atoms with van der Waals surface area (Å²) in [7, 11) is -3.73. The van der Waals surface area contributed by atoms with E-state index in [4.69, 9.17) is 0 Å². The first-order valence-corrected chi connectivity index (χ1v) is 14.6. The molecule has 2 atom stereocenters. The lowest BCUT2D eigenvalue weighted by atomic mass is 9.77. The lowest BCUT2D eigenvalue weighted by molar-refractivity contribution is -0.126. The number of sulfonamides is 1. The van der Waals surface area contributed by atoms with Gasteiger partial charge in [-0.15, -0.1) is 6.58 Å². The van der Waals surface area contributed by atoms with Gasteiger partial charge in [-0.25, -0.2) is 17.8 Å². The Morgan fingerprint density at radius 1 is 1.26 bits per heavy atom. The Bertz CT molecular complexity index is 1510. The van der Waals surface area contributed by atoms with Crippen LogP contribution in [0.2, 0.25) is 0 Å². The Kier molecular flexibility index (Phi) is 6.62. The van der Waals surface area contributed by atoms with Crippen LogP contribution in [0, 0.1) is 17.7 Å². The van der Waals surface area contributed by atoms with Crippen molar-refractivity contribution >= 4 is 21.8 Å². The third kappa shape index (κ3) is 4.96. The van der Waals surface area contributed by atoms with Crippen molar-refractivity contribution < 1.29 is 27.5 Å². The van der Waals surface area contributed by atoms with E-state index in [1.807, 2.05) is 0 Å². The first kappa shape index (κ1) is 27.0. The van der Waals surface area contributed by atoms with Gasteiger partial charge in [-0.2, -0.15) is 4.72 Å². The predicted octanol–water partition coefficient (Wildman–Crippen LogP) is 1.03. The van der Waals surface area contributed by atoms with Crippen molar-refractivity contribution in [3.05, 3.63) is 70.2 Å². The Morgan fingerprint density at radius 2 is 1.92 bits per heavy atom. The Labute approximate surface area is 224 Å². The SMILES string of the molecule is C=C[C@@H]1C[C@]1(NS(C)(=O)=O)C(=O)NC12CCC(CC1)Cn1c2nc(C(=O)NCc2ccc(F)cc2)c(O)c1=O. The number of hydrogen-bond donors (Lipinski definition) is 4. The van der Waals surface area contributed by atoms with Crippen molar-refractivity contribution in [2.75, 3.05) is 6.26 Å². The summed E-state index contributed by atoms with van der Waals surface area (Å²) in [6.07, 6.45) is 4.90. The molecule has 2 amide bonds. The van der Waals surface area contributed by atoms with Gasteiger partial charge in [0.25, 0.3) is 11.5 Å². The highest BCUT2D eigenvalue weighted by Gasteiger charge is 2.62. The Hall–Kier alpha value is -3.58. The molecule has 2 aliphatic carbocycles. The van der Waals surface area contributed by atoms with Gasteiger partial charge in [-0.1, -0.05) is 18.2 Å². The van der Waals surface area contributed by atoms with Gasteiger partial charge in [-0.3, -0.25) is 19.0 Å². The summed E-state index contributed by atoms with van der Waals surface area (Å²) in [5, 5.41) is 16.2. The number of aromatic nitrogens is 2. The number of hydrogen-bond acceptors (Lipinski definition) is 7. The van der Waals surface area contributed by atoms with E-state index in [0.717, 1.165) is 6.26 Å². The van der Waals surface area contributed by atoms with Gasteiger partial charge >= 0.3 is 0 Å². The fourth-order valence-electron chi connectivity index (χ4n) is 5.78. The van der Waals surface area contributed by atoms with E-state index in [2.05, 4.69) is 26.9 Å². The Morgan fingerprint density at radius 3 is 2.51 bits per heavy atom. The number of nitrogens with zero attached hydrogens (tertiary/aromatic N) is 2. The molecule has 2 fully saturated rings. The normalized spacial score (nSPS) is 27.2. The molecule has 4 N–H and O–H groups in total. The molecule has 2 aliphatic heterocycles. The number of halogens is 1. The smallest absolute Gasteiger partial charge is 0.296 e. The number of benzene rings is 1. The molecular formula is C26H30FN5O6S. The second kappa shape index (κ2) is 9.56. The van der Waals surface area contributed by atoms with E-state index in [1.54, 1.807) is 0 Å². The molecular weight excluding hydrogens is 529 g/mol. The molecule has 2 bridgehead atoms. The lowest BCUT2D eigenvalue weighted by Gasteiger charge is -2.38. The zero-order valence-electron chi connectivity index (χ0n) is 21.4. The molecule has 1 aromatic heterocycles. The van der Waals surface area contributed by atoms with Crippen LogP contribution >= 0.6 is 0 Å². The minimum absolute atomic E-state index is 0.00519. The van der Waals surface area contributed by atoms with E-state index in [1.165, 1.54) is 34.9 Å². The molecule has 0 unspecified atom stereocenters. The number of carbonyl (C=O) groups is 2. The summed E-state index contributed by atoms with van der Waals surface area (Å²) in [4.78, 5) is 44.4. The second-order valence-corrected chi connectivity index (χ2v) is 12.5. The largest absolute Gasteiger partial charge is 0.501 e. The maximum atomic E-state index is 13.6. The standard InChI is InChI=1S/C26H30FN5O6S/c1-3-17-12-26(17,31-39(2,37)38)24(36)30-25-10-8-16(9-11-25)14-32-22(35)20(33)19(29-23(25)32)21(34)28-13-15-4-6-18(27)7-5-15/h3-7,16-17,31,33H,1,8-14H2,2H3,(H,28,34)(H,30,36)/t16?,17-,25?,26-/m1/s1. The summed E-state index contributed by atoms with van der Waals surface area (Å²) in [5.41, 5.74) is -3.22. The van der Waals surface area contributed by atoms with E-state index in [-0.39, 0.29) is 31.3 Å². The van der Waals surface area contributed by atoms with Gasteiger partial charge in [0.15, 0.2) is 5.69 Å². The fraction of sp³-hybridized carbons (Fsp3) is 0.462. The molecule has 0 radical (unpaired) electrons. The number of amides is 2. The molecule has 2 aromatic rings. The van der Waals surface area contributed by atoms with Crippen LogP contribution in [0.3, 0.4) is 0 Å².